The third-order valence-electron chi connectivity index (χ3n) is 2.28. The average molecular weight is 139 g/mol. The van der Waals surface area contributed by atoms with Crippen molar-refractivity contribution in [1.29, 1.82) is 0 Å². The molecule has 0 heterocycles. The molecule has 0 aromatic heterocycles. The summed E-state index contributed by atoms with van der Waals surface area (Å²) in [4.78, 5) is 0. The van der Waals surface area contributed by atoms with E-state index in [9.17, 15) is 0 Å². The summed E-state index contributed by atoms with van der Waals surface area (Å²) in [6, 6.07) is 0. The summed E-state index contributed by atoms with van der Waals surface area (Å²) in [6.07, 6.45) is 3.94. The van der Waals surface area contributed by atoms with Gasteiger partial charge in [-0.15, -0.1) is 0 Å². The molecule has 0 aliphatic heterocycles. The monoisotopic (exact) mass is 139 g/mol. The van der Waals surface area contributed by atoms with E-state index >= 15 is 0 Å². The van der Waals surface area contributed by atoms with E-state index in [0.29, 0.717) is 5.92 Å². The Morgan fingerprint density at radius 1 is 1.40 bits per heavy atom. The van der Waals surface area contributed by atoms with Crippen LogP contribution in [0.15, 0.2) is 12.2 Å². The molecule has 0 aromatic carbocycles. The average Bonchev–Trinajstić information content (AvgIpc) is 1.88. The Labute approximate surface area is 62.8 Å². The predicted molar refractivity (Wildman–Crippen MR) is 42.5 cm³/mol. The molecule has 0 saturated heterocycles. The van der Waals surface area contributed by atoms with Crippen molar-refractivity contribution in [3.8, 4) is 0 Å². The summed E-state index contributed by atoms with van der Waals surface area (Å²) >= 11 is 0. The van der Waals surface area contributed by atoms with Crippen LogP contribution in [0.4, 0.5) is 0 Å². The van der Waals surface area contributed by atoms with Gasteiger partial charge in [0.15, 0.2) is 0 Å². The van der Waals surface area contributed by atoms with E-state index in [1.807, 2.05) is 0 Å². The molecule has 1 unspecified atom stereocenters. The van der Waals surface area contributed by atoms with E-state index in [2.05, 4.69) is 13.5 Å². The molecule has 0 amide bonds. The Kier molecular flexibility index (Phi) is 2.50. The molecule has 1 heteroatoms. The maximum Gasteiger partial charge on any atom is 0.0569 e. The quantitative estimate of drug-likeness (QED) is 0.550. The fourth-order valence-electron chi connectivity index (χ4n) is 1.43. The lowest BCUT2D eigenvalue weighted by Gasteiger charge is -2.25. The largest absolute Gasteiger partial charge is 0.393 e. The number of allylic oxidation sites excluding steroid dienone is 1. The van der Waals surface area contributed by atoms with E-state index in [1.54, 1.807) is 0 Å². The summed E-state index contributed by atoms with van der Waals surface area (Å²) in [5, 5.41) is 9.12. The van der Waals surface area contributed by atoms with Gasteiger partial charge in [-0.2, -0.15) is 0 Å². The highest BCUT2D eigenvalue weighted by Gasteiger charge is 2.19. The van der Waals surface area contributed by atoms with Crippen molar-refractivity contribution in [1.82, 2.24) is 0 Å². The molecule has 1 rings (SSSR count). The second kappa shape index (κ2) is 3.20. The van der Waals surface area contributed by atoms with Crippen molar-refractivity contribution in [2.24, 2.45) is 5.92 Å². The lowest BCUT2D eigenvalue weighted by Crippen LogP contribution is -2.20. The van der Waals surface area contributed by atoms with Crippen LogP contribution in [0.2, 0.25) is 0 Å². The Balaban J connectivity index is 2.33. The van der Waals surface area contributed by atoms with Crippen LogP contribution in [0.25, 0.3) is 0 Å². The van der Waals surface area contributed by atoms with Crippen LogP contribution in [0.1, 0.15) is 25.7 Å². The van der Waals surface area contributed by atoms with Gasteiger partial charge in [0.2, 0.25) is 0 Å². The number of hydrogen-bond donors (Lipinski definition) is 1. The first-order valence-corrected chi connectivity index (χ1v) is 3.88. The Morgan fingerprint density at radius 2 is 1.90 bits per heavy atom. The molecule has 57 valence electrons. The van der Waals surface area contributed by atoms with Gasteiger partial charge in [-0.3, -0.25) is 0 Å². The van der Waals surface area contributed by atoms with Crippen molar-refractivity contribution in [2.45, 2.75) is 31.8 Å². The third kappa shape index (κ3) is 1.84. The minimum atomic E-state index is -0.368. The van der Waals surface area contributed by atoms with Crippen LogP contribution >= 0.6 is 0 Å². The normalized spacial score (nSPS) is 24.8. The first kappa shape index (κ1) is 7.80. The van der Waals surface area contributed by atoms with Crippen molar-refractivity contribution < 1.29 is 5.11 Å². The van der Waals surface area contributed by atoms with Crippen LogP contribution in [0.3, 0.4) is 0 Å². The van der Waals surface area contributed by atoms with Gasteiger partial charge in [0.05, 0.1) is 6.10 Å². The molecule has 1 nitrogen and oxygen atoms in total. The van der Waals surface area contributed by atoms with Crippen LogP contribution < -0.4 is 0 Å². The van der Waals surface area contributed by atoms with E-state index in [0.717, 1.165) is 25.7 Å². The van der Waals surface area contributed by atoms with Crippen LogP contribution in [-0.2, 0) is 0 Å². The number of hydrogen-bond acceptors (Lipinski definition) is 1. The van der Waals surface area contributed by atoms with E-state index < -0.39 is 0 Å². The van der Waals surface area contributed by atoms with Crippen molar-refractivity contribution in [2.75, 3.05) is 0 Å². The lowest BCUT2D eigenvalue weighted by atomic mass is 9.84. The molecule has 0 aromatic rings. The van der Waals surface area contributed by atoms with Gasteiger partial charge in [-0.1, -0.05) is 12.2 Å². The summed E-state index contributed by atoms with van der Waals surface area (Å²) < 4.78 is 0. The molecule has 1 N–H and O–H groups in total. The van der Waals surface area contributed by atoms with Crippen LogP contribution in [0.5, 0.6) is 0 Å². The summed E-state index contributed by atoms with van der Waals surface area (Å²) in [6.45, 7) is 7.52. The smallest absolute Gasteiger partial charge is 0.0569 e. The second-order valence-corrected chi connectivity index (χ2v) is 3.15. The maximum atomic E-state index is 9.12. The van der Waals surface area contributed by atoms with E-state index in [1.165, 1.54) is 5.57 Å². The molecule has 10 heavy (non-hydrogen) atoms. The number of rotatable bonds is 1. The molecule has 1 aliphatic rings. The fourth-order valence-corrected chi connectivity index (χ4v) is 1.43. The zero-order valence-electron chi connectivity index (χ0n) is 6.34. The minimum Gasteiger partial charge on any atom is -0.393 e. The topological polar surface area (TPSA) is 20.2 Å². The van der Waals surface area contributed by atoms with Gasteiger partial charge in [0, 0.05) is 0 Å². The van der Waals surface area contributed by atoms with Gasteiger partial charge < -0.3 is 5.11 Å². The third-order valence-corrected chi connectivity index (χ3v) is 2.28. The highest BCUT2D eigenvalue weighted by molar-refractivity contribution is 4.99. The van der Waals surface area contributed by atoms with Gasteiger partial charge in [0.1, 0.15) is 0 Å². The number of aliphatic hydroxyl groups excluding tert-OH is 1. The second-order valence-electron chi connectivity index (χ2n) is 3.15. The molecule has 1 aliphatic carbocycles. The Hall–Kier alpha value is -0.300. The molecule has 1 fully saturated rings. The summed E-state index contributed by atoms with van der Waals surface area (Å²) in [5.74, 6) is 0.422. The van der Waals surface area contributed by atoms with Crippen LogP contribution in [0, 0.1) is 12.8 Å². The van der Waals surface area contributed by atoms with E-state index in [-0.39, 0.29) is 6.10 Å². The van der Waals surface area contributed by atoms with Gasteiger partial charge >= 0.3 is 0 Å². The maximum absolute atomic E-state index is 9.12. The molecular weight excluding hydrogens is 124 g/mol. The molecule has 1 atom stereocenters. The first-order valence-electron chi connectivity index (χ1n) is 3.88. The Bertz CT molecular complexity index is 117. The molecule has 0 bridgehead atoms. The zero-order chi connectivity index (χ0) is 7.56. The molecular formula is C9H15O. The van der Waals surface area contributed by atoms with Crippen molar-refractivity contribution in [3.05, 3.63) is 19.1 Å². The summed E-state index contributed by atoms with van der Waals surface area (Å²) in [7, 11) is 0. The molecule has 1 radical (unpaired) electrons. The van der Waals surface area contributed by atoms with Gasteiger partial charge in [-0.05, 0) is 38.5 Å². The predicted octanol–water partition coefficient (Wildman–Crippen LogP) is 1.93. The SMILES string of the molecule is [CH2]C(O)C1CCC(=C)CC1. The van der Waals surface area contributed by atoms with Crippen molar-refractivity contribution in [3.63, 3.8) is 0 Å². The fraction of sp³-hybridized carbons (Fsp3) is 0.667. The van der Waals surface area contributed by atoms with Crippen LogP contribution in [-0.4, -0.2) is 11.2 Å². The van der Waals surface area contributed by atoms with Gasteiger partial charge in [0.25, 0.3) is 0 Å². The molecule has 1 saturated carbocycles. The first-order chi connectivity index (χ1) is 4.70. The highest BCUT2D eigenvalue weighted by Crippen LogP contribution is 2.28. The zero-order valence-corrected chi connectivity index (χ0v) is 6.34. The Morgan fingerprint density at radius 3 is 2.30 bits per heavy atom. The summed E-state index contributed by atoms with van der Waals surface area (Å²) in [5.41, 5.74) is 1.33. The molecule has 0 spiro atoms. The van der Waals surface area contributed by atoms with Gasteiger partial charge in [-0.25, -0.2) is 0 Å². The minimum absolute atomic E-state index is 0.368. The number of aliphatic hydroxyl groups is 1. The van der Waals surface area contributed by atoms with Crippen molar-refractivity contribution >= 4 is 0 Å². The lowest BCUT2D eigenvalue weighted by molar-refractivity contribution is 0.131. The standard InChI is InChI=1S/C9H15O/c1-7-3-5-9(6-4-7)8(2)10/h8-10H,1-6H2. The van der Waals surface area contributed by atoms with E-state index in [4.69, 9.17) is 5.11 Å². The highest BCUT2D eigenvalue weighted by atomic mass is 16.3.